The van der Waals surface area contributed by atoms with Crippen LogP contribution in [0.2, 0.25) is 0 Å². The van der Waals surface area contributed by atoms with Gasteiger partial charge in [0.25, 0.3) is 0 Å². The van der Waals surface area contributed by atoms with Gasteiger partial charge in [-0.3, -0.25) is 0 Å². The van der Waals surface area contributed by atoms with E-state index in [1.165, 1.54) is 43.6 Å². The van der Waals surface area contributed by atoms with Gasteiger partial charge in [-0.05, 0) is 66.7 Å². The van der Waals surface area contributed by atoms with E-state index >= 15 is 0 Å². The monoisotopic (exact) mass is 575 g/mol. The molecule has 45 heavy (non-hydrogen) atoms. The summed E-state index contributed by atoms with van der Waals surface area (Å²) in [5.74, 6) is 0. The number of hydrogen-bond acceptors (Lipinski definition) is 1. The second-order valence-electron chi connectivity index (χ2n) is 11.4. The number of aromatic nitrogens is 2. The molecule has 0 N–H and O–H groups in total. The number of anilines is 3. The Balaban J connectivity index is 1.57. The van der Waals surface area contributed by atoms with Crippen LogP contribution in [0, 0.1) is 0 Å². The Hall–Kier alpha value is -6.06. The van der Waals surface area contributed by atoms with Gasteiger partial charge in [0.1, 0.15) is 0 Å². The van der Waals surface area contributed by atoms with Gasteiger partial charge >= 0.3 is 0 Å². The normalized spacial score (nSPS) is 11.6. The summed E-state index contributed by atoms with van der Waals surface area (Å²) in [6, 6.07) is 63.0. The molecular weight excluding hydrogens is 546 g/mol. The van der Waals surface area contributed by atoms with Gasteiger partial charge in [0.2, 0.25) is 0 Å². The molecule has 0 atom stereocenters. The SMILES string of the molecule is c1ccc(N(c2ccccc2)c2cc3c4ccccc4n(-c4ccccc4)c3c3c2c2ccccc2n3-c2ccccc2)cc1. The molecule has 2 aromatic heterocycles. The molecule has 3 heteroatoms. The zero-order valence-electron chi connectivity index (χ0n) is 24.6. The number of rotatable bonds is 5. The Bertz CT molecular complexity index is 2420. The van der Waals surface area contributed by atoms with Crippen LogP contribution in [-0.4, -0.2) is 9.13 Å². The van der Waals surface area contributed by atoms with Crippen LogP contribution in [0.25, 0.3) is 55.0 Å². The highest BCUT2D eigenvalue weighted by atomic mass is 15.2. The number of benzene rings is 7. The average Bonchev–Trinajstić information content (AvgIpc) is 3.64. The molecule has 212 valence electrons. The van der Waals surface area contributed by atoms with Crippen molar-refractivity contribution in [2.75, 3.05) is 4.90 Å². The molecule has 0 aliphatic rings. The standard InChI is InChI=1S/C42H29N3/c1-5-17-30(18-6-1)43(31-19-7-2-8-20-31)39-29-36-34-25-13-15-27-37(34)44(32-21-9-3-10-22-32)41(36)42-40(39)35-26-14-16-28-38(35)45(42)33-23-11-4-12-24-33/h1-29H. The molecule has 0 radical (unpaired) electrons. The van der Waals surface area contributed by atoms with Gasteiger partial charge in [0.05, 0.1) is 27.8 Å². The molecule has 2 heterocycles. The number of para-hydroxylation sites is 6. The van der Waals surface area contributed by atoms with Crippen LogP contribution in [0.5, 0.6) is 0 Å². The summed E-state index contributed by atoms with van der Waals surface area (Å²) in [4.78, 5) is 2.41. The second kappa shape index (κ2) is 10.3. The van der Waals surface area contributed by atoms with Gasteiger partial charge in [0.15, 0.2) is 0 Å². The maximum absolute atomic E-state index is 2.46. The molecule has 0 aliphatic heterocycles. The Kier molecular flexibility index (Phi) is 5.82. The van der Waals surface area contributed by atoms with Crippen LogP contribution in [-0.2, 0) is 0 Å². The Labute approximate surface area is 261 Å². The van der Waals surface area contributed by atoms with E-state index in [1.54, 1.807) is 0 Å². The van der Waals surface area contributed by atoms with Crippen molar-refractivity contribution in [3.63, 3.8) is 0 Å². The lowest BCUT2D eigenvalue weighted by molar-refractivity contribution is 1.15. The summed E-state index contributed by atoms with van der Waals surface area (Å²) >= 11 is 0. The van der Waals surface area contributed by atoms with E-state index in [-0.39, 0.29) is 0 Å². The first-order valence-corrected chi connectivity index (χ1v) is 15.4. The maximum Gasteiger partial charge on any atom is 0.0810 e. The summed E-state index contributed by atoms with van der Waals surface area (Å²) in [6.45, 7) is 0. The third-order valence-corrected chi connectivity index (χ3v) is 8.85. The van der Waals surface area contributed by atoms with Crippen molar-refractivity contribution in [2.24, 2.45) is 0 Å². The topological polar surface area (TPSA) is 13.1 Å². The summed E-state index contributed by atoms with van der Waals surface area (Å²) in [7, 11) is 0. The van der Waals surface area contributed by atoms with Crippen molar-refractivity contribution >= 4 is 60.7 Å². The maximum atomic E-state index is 2.46. The average molecular weight is 576 g/mol. The third-order valence-electron chi connectivity index (χ3n) is 8.85. The van der Waals surface area contributed by atoms with Crippen molar-refractivity contribution < 1.29 is 0 Å². The van der Waals surface area contributed by atoms with Crippen LogP contribution in [0.1, 0.15) is 0 Å². The van der Waals surface area contributed by atoms with Gasteiger partial charge < -0.3 is 14.0 Å². The second-order valence-corrected chi connectivity index (χ2v) is 11.4. The van der Waals surface area contributed by atoms with Crippen molar-refractivity contribution in [2.45, 2.75) is 0 Å². The minimum absolute atomic E-state index is 1.12. The van der Waals surface area contributed by atoms with Gasteiger partial charge in [0, 0.05) is 44.3 Å². The lowest BCUT2D eigenvalue weighted by Crippen LogP contribution is -2.10. The fourth-order valence-corrected chi connectivity index (χ4v) is 7.02. The molecule has 3 nitrogen and oxygen atoms in total. The zero-order chi connectivity index (χ0) is 29.7. The van der Waals surface area contributed by atoms with E-state index in [0.29, 0.717) is 0 Å². The van der Waals surface area contributed by atoms with Crippen LogP contribution in [0.3, 0.4) is 0 Å². The molecule has 0 spiro atoms. The minimum atomic E-state index is 1.12. The van der Waals surface area contributed by atoms with E-state index in [0.717, 1.165) is 28.4 Å². The fraction of sp³-hybridized carbons (Fsp3) is 0. The number of nitrogens with zero attached hydrogens (tertiary/aromatic N) is 3. The largest absolute Gasteiger partial charge is 0.310 e. The van der Waals surface area contributed by atoms with Crippen molar-refractivity contribution in [3.05, 3.63) is 176 Å². The molecule has 9 aromatic rings. The van der Waals surface area contributed by atoms with Crippen molar-refractivity contribution in [1.82, 2.24) is 9.13 Å². The molecule has 0 amide bonds. The Morgan fingerprint density at radius 2 is 0.778 bits per heavy atom. The van der Waals surface area contributed by atoms with E-state index in [9.17, 15) is 0 Å². The van der Waals surface area contributed by atoms with Crippen molar-refractivity contribution in [1.29, 1.82) is 0 Å². The van der Waals surface area contributed by atoms with Gasteiger partial charge in [-0.2, -0.15) is 0 Å². The molecule has 0 saturated carbocycles. The predicted molar refractivity (Wildman–Crippen MR) is 190 cm³/mol. The van der Waals surface area contributed by atoms with Crippen LogP contribution in [0.15, 0.2) is 176 Å². The van der Waals surface area contributed by atoms with Crippen LogP contribution in [0.4, 0.5) is 17.1 Å². The zero-order valence-corrected chi connectivity index (χ0v) is 24.6. The van der Waals surface area contributed by atoms with E-state index in [4.69, 9.17) is 0 Å². The molecule has 0 bridgehead atoms. The Morgan fingerprint density at radius 3 is 1.33 bits per heavy atom. The highest BCUT2D eigenvalue weighted by Gasteiger charge is 2.26. The summed E-state index contributed by atoms with van der Waals surface area (Å²) < 4.78 is 4.91. The molecule has 0 aliphatic carbocycles. The molecule has 9 rings (SSSR count). The highest BCUT2D eigenvalue weighted by molar-refractivity contribution is 6.28. The molecular formula is C42H29N3. The first-order valence-electron chi connectivity index (χ1n) is 15.4. The van der Waals surface area contributed by atoms with E-state index in [1.807, 2.05) is 0 Å². The molecule has 7 aromatic carbocycles. The quantitative estimate of drug-likeness (QED) is 0.199. The predicted octanol–water partition coefficient (Wildman–Crippen LogP) is 11.4. The third kappa shape index (κ3) is 3.91. The summed E-state index contributed by atoms with van der Waals surface area (Å²) in [5.41, 5.74) is 10.4. The number of fused-ring (bicyclic) bond motifs is 7. The first kappa shape index (κ1) is 25.4. The van der Waals surface area contributed by atoms with Crippen LogP contribution >= 0.6 is 0 Å². The lowest BCUT2D eigenvalue weighted by Gasteiger charge is -2.27. The molecule has 0 fully saturated rings. The van der Waals surface area contributed by atoms with Gasteiger partial charge in [-0.1, -0.05) is 109 Å². The minimum Gasteiger partial charge on any atom is -0.310 e. The Morgan fingerprint density at radius 1 is 0.356 bits per heavy atom. The van der Waals surface area contributed by atoms with Crippen molar-refractivity contribution in [3.8, 4) is 11.4 Å². The van der Waals surface area contributed by atoms with Gasteiger partial charge in [-0.15, -0.1) is 0 Å². The fourth-order valence-electron chi connectivity index (χ4n) is 7.02. The smallest absolute Gasteiger partial charge is 0.0810 e. The number of hydrogen-bond donors (Lipinski definition) is 0. The van der Waals surface area contributed by atoms with Crippen LogP contribution < -0.4 is 4.90 Å². The molecule has 0 unspecified atom stereocenters. The first-order chi connectivity index (χ1) is 22.4. The lowest BCUT2D eigenvalue weighted by atomic mass is 10.0. The van der Waals surface area contributed by atoms with E-state index in [2.05, 4.69) is 190 Å². The van der Waals surface area contributed by atoms with Gasteiger partial charge in [-0.25, -0.2) is 0 Å². The highest BCUT2D eigenvalue weighted by Crippen LogP contribution is 2.49. The summed E-state index contributed by atoms with van der Waals surface area (Å²) in [5, 5.41) is 4.88. The summed E-state index contributed by atoms with van der Waals surface area (Å²) in [6.07, 6.45) is 0. The van der Waals surface area contributed by atoms with E-state index < -0.39 is 0 Å². The molecule has 0 saturated heterocycles.